The second-order valence-corrected chi connectivity index (χ2v) is 6.64. The molecular weight excluding hydrogens is 340 g/mol. The van der Waals surface area contributed by atoms with Gasteiger partial charge in [0.25, 0.3) is 11.5 Å². The zero-order valence-electron chi connectivity index (χ0n) is 13.7. The number of nitrogens with two attached hydrogens (primary N) is 1. The van der Waals surface area contributed by atoms with Crippen molar-refractivity contribution in [2.75, 3.05) is 5.32 Å². The van der Waals surface area contributed by atoms with Gasteiger partial charge >= 0.3 is 0 Å². The van der Waals surface area contributed by atoms with Crippen LogP contribution in [0.5, 0.6) is 0 Å². The Bertz CT molecular complexity index is 1050. The highest BCUT2D eigenvalue weighted by Gasteiger charge is 2.18. The first-order valence-corrected chi connectivity index (χ1v) is 8.34. The fraction of sp³-hybridized carbons (Fsp3) is 0.176. The lowest BCUT2D eigenvalue weighted by molar-refractivity contribution is -0.116. The van der Waals surface area contributed by atoms with Crippen LogP contribution < -0.4 is 16.6 Å². The summed E-state index contributed by atoms with van der Waals surface area (Å²) in [5, 5.41) is 3.10. The number of nitrogens with one attached hydrogen (secondary N) is 1. The molecule has 0 aliphatic heterocycles. The van der Waals surface area contributed by atoms with Gasteiger partial charge in [-0.3, -0.25) is 19.0 Å². The minimum atomic E-state index is -0.594. The molecule has 0 saturated heterocycles. The van der Waals surface area contributed by atoms with E-state index in [9.17, 15) is 14.4 Å². The first kappa shape index (κ1) is 16.8. The number of amides is 2. The number of fused-ring (bicyclic) bond motifs is 1. The Morgan fingerprint density at radius 2 is 2.00 bits per heavy atom. The van der Waals surface area contributed by atoms with E-state index in [4.69, 9.17) is 5.73 Å². The molecule has 25 heavy (non-hydrogen) atoms. The molecule has 0 aliphatic carbocycles. The largest absolute Gasteiger partial charge is 0.365 e. The number of hydrogen-bond acceptors (Lipinski definition) is 5. The molecule has 2 aromatic heterocycles. The van der Waals surface area contributed by atoms with Crippen LogP contribution in [-0.4, -0.2) is 21.4 Å². The number of carbonyl (C=O) groups is 2. The minimum absolute atomic E-state index is 0.169. The molecule has 2 heterocycles. The zero-order valence-corrected chi connectivity index (χ0v) is 14.5. The van der Waals surface area contributed by atoms with Crippen LogP contribution in [0.4, 0.5) is 5.69 Å². The highest BCUT2D eigenvalue weighted by Crippen LogP contribution is 2.26. The van der Waals surface area contributed by atoms with Crippen LogP contribution in [-0.2, 0) is 11.3 Å². The van der Waals surface area contributed by atoms with Crippen molar-refractivity contribution >= 4 is 39.1 Å². The summed E-state index contributed by atoms with van der Waals surface area (Å²) in [5.41, 5.74) is 7.07. The summed E-state index contributed by atoms with van der Waals surface area (Å²) in [5.74, 6) is -0.927. The van der Waals surface area contributed by atoms with Gasteiger partial charge in [-0.25, -0.2) is 4.98 Å². The number of nitrogens with zero attached hydrogens (tertiary/aromatic N) is 2. The fourth-order valence-corrected chi connectivity index (χ4v) is 3.56. The van der Waals surface area contributed by atoms with E-state index < -0.39 is 5.91 Å². The van der Waals surface area contributed by atoms with Crippen molar-refractivity contribution in [2.45, 2.75) is 20.4 Å². The van der Waals surface area contributed by atoms with Crippen molar-refractivity contribution < 1.29 is 9.59 Å². The molecule has 0 spiro atoms. The van der Waals surface area contributed by atoms with Crippen LogP contribution in [0.25, 0.3) is 10.2 Å². The molecule has 0 unspecified atom stereocenters. The first-order valence-electron chi connectivity index (χ1n) is 7.52. The summed E-state index contributed by atoms with van der Waals surface area (Å²) in [6, 6.07) is 7.38. The average molecular weight is 356 g/mol. The maximum Gasteiger partial charge on any atom is 0.262 e. The Hall–Kier alpha value is -3.00. The molecule has 3 N–H and O–H groups in total. The van der Waals surface area contributed by atoms with E-state index in [1.165, 1.54) is 10.9 Å². The predicted molar refractivity (Wildman–Crippen MR) is 96.9 cm³/mol. The molecule has 0 radical (unpaired) electrons. The number of aromatic nitrogens is 2. The lowest BCUT2D eigenvalue weighted by atomic mass is 10.2. The lowest BCUT2D eigenvalue weighted by Crippen LogP contribution is -2.28. The average Bonchev–Trinajstić information content (AvgIpc) is 2.90. The minimum Gasteiger partial charge on any atom is -0.365 e. The number of anilines is 1. The van der Waals surface area contributed by atoms with Crippen LogP contribution in [0.2, 0.25) is 0 Å². The van der Waals surface area contributed by atoms with Crippen molar-refractivity contribution in [3.05, 3.63) is 57.0 Å². The smallest absolute Gasteiger partial charge is 0.262 e. The van der Waals surface area contributed by atoms with Crippen LogP contribution in [0, 0.1) is 13.8 Å². The van der Waals surface area contributed by atoms with E-state index in [2.05, 4.69) is 10.3 Å². The molecule has 3 rings (SSSR count). The normalized spacial score (nSPS) is 10.8. The van der Waals surface area contributed by atoms with Gasteiger partial charge in [-0.2, -0.15) is 0 Å². The van der Waals surface area contributed by atoms with Gasteiger partial charge in [-0.05, 0) is 31.0 Å². The van der Waals surface area contributed by atoms with E-state index in [0.717, 1.165) is 16.9 Å². The van der Waals surface area contributed by atoms with Crippen LogP contribution in [0.15, 0.2) is 35.4 Å². The highest BCUT2D eigenvalue weighted by atomic mass is 32.1. The summed E-state index contributed by atoms with van der Waals surface area (Å²) >= 11 is 1.08. The van der Waals surface area contributed by atoms with E-state index in [1.807, 2.05) is 25.1 Å². The molecule has 0 aliphatic rings. The molecule has 0 saturated carbocycles. The van der Waals surface area contributed by atoms with Crippen molar-refractivity contribution in [3.63, 3.8) is 0 Å². The molecular formula is C17H16N4O3S. The second kappa shape index (κ2) is 6.48. The highest BCUT2D eigenvalue weighted by molar-refractivity contribution is 7.20. The summed E-state index contributed by atoms with van der Waals surface area (Å²) in [6.07, 6.45) is 1.31. The monoisotopic (exact) mass is 356 g/mol. The van der Waals surface area contributed by atoms with Gasteiger partial charge in [0.15, 0.2) is 0 Å². The summed E-state index contributed by atoms with van der Waals surface area (Å²) in [6.45, 7) is 3.37. The molecule has 7 nitrogen and oxygen atoms in total. The summed E-state index contributed by atoms with van der Waals surface area (Å²) < 4.78 is 1.22. The third-order valence-electron chi connectivity index (χ3n) is 3.87. The van der Waals surface area contributed by atoms with Gasteiger partial charge in [0.1, 0.15) is 11.4 Å². The van der Waals surface area contributed by atoms with Crippen molar-refractivity contribution in [1.29, 1.82) is 0 Å². The number of benzene rings is 1. The molecule has 0 bridgehead atoms. The number of aryl methyl sites for hydroxylation is 2. The van der Waals surface area contributed by atoms with Crippen LogP contribution >= 0.6 is 11.3 Å². The molecule has 128 valence electrons. The van der Waals surface area contributed by atoms with Gasteiger partial charge in [-0.15, -0.1) is 11.3 Å². The van der Waals surface area contributed by atoms with Gasteiger partial charge in [-0.1, -0.05) is 18.2 Å². The third-order valence-corrected chi connectivity index (χ3v) is 5.09. The Morgan fingerprint density at radius 3 is 2.68 bits per heavy atom. The second-order valence-electron chi connectivity index (χ2n) is 5.64. The van der Waals surface area contributed by atoms with E-state index >= 15 is 0 Å². The van der Waals surface area contributed by atoms with Gasteiger partial charge in [0.2, 0.25) is 5.91 Å². The SMILES string of the molecule is Cc1ccccc1NC(=O)Cn1cnc2sc(C(N)=O)c(C)c2c1=O. The Morgan fingerprint density at radius 1 is 1.28 bits per heavy atom. The number of rotatable bonds is 4. The van der Waals surface area contributed by atoms with Crippen LogP contribution in [0.3, 0.4) is 0 Å². The quantitative estimate of drug-likeness (QED) is 0.743. The van der Waals surface area contributed by atoms with Gasteiger partial charge in [0, 0.05) is 5.69 Å². The van der Waals surface area contributed by atoms with E-state index in [-0.39, 0.29) is 18.0 Å². The maximum absolute atomic E-state index is 12.6. The third kappa shape index (κ3) is 3.16. The number of carbonyl (C=O) groups excluding carboxylic acids is 2. The van der Waals surface area contributed by atoms with Crippen molar-refractivity contribution in [1.82, 2.24) is 9.55 Å². The van der Waals surface area contributed by atoms with E-state index in [1.54, 1.807) is 13.0 Å². The molecule has 0 fully saturated rings. The van der Waals surface area contributed by atoms with Crippen LogP contribution in [0.1, 0.15) is 20.8 Å². The Balaban J connectivity index is 1.92. The standard InChI is InChI=1S/C17H16N4O3S/c1-9-5-3-4-6-11(9)20-12(22)7-21-8-19-16-13(17(21)24)10(2)14(25-16)15(18)23/h3-6,8H,7H2,1-2H3,(H2,18,23)(H,20,22). The number of para-hydroxylation sites is 1. The molecule has 0 atom stereocenters. The van der Waals surface area contributed by atoms with Crippen molar-refractivity contribution in [3.8, 4) is 0 Å². The molecule has 2 amide bonds. The first-order chi connectivity index (χ1) is 11.9. The molecule has 1 aromatic carbocycles. The Kier molecular flexibility index (Phi) is 4.37. The zero-order chi connectivity index (χ0) is 18.1. The van der Waals surface area contributed by atoms with Gasteiger partial charge < -0.3 is 11.1 Å². The predicted octanol–water partition coefficient (Wildman–Crippen LogP) is 1.81. The Labute approximate surface area is 147 Å². The number of thiophene rings is 1. The number of hydrogen-bond donors (Lipinski definition) is 2. The fourth-order valence-electron chi connectivity index (χ4n) is 2.56. The summed E-state index contributed by atoms with van der Waals surface area (Å²) in [7, 11) is 0. The number of primary amides is 1. The maximum atomic E-state index is 12.6. The van der Waals surface area contributed by atoms with Gasteiger partial charge in [0.05, 0.1) is 16.6 Å². The molecule has 3 aromatic rings. The topological polar surface area (TPSA) is 107 Å². The summed E-state index contributed by atoms with van der Waals surface area (Å²) in [4.78, 5) is 41.2. The van der Waals surface area contributed by atoms with E-state index in [0.29, 0.717) is 26.3 Å². The van der Waals surface area contributed by atoms with Crippen molar-refractivity contribution in [2.24, 2.45) is 5.73 Å². The molecule has 8 heteroatoms. The lowest BCUT2D eigenvalue weighted by Gasteiger charge is -2.09.